The van der Waals surface area contributed by atoms with E-state index >= 15 is 0 Å². The molecule has 0 spiro atoms. The second-order valence-electron chi connectivity index (χ2n) is 7.29. The quantitative estimate of drug-likeness (QED) is 0.389. The van der Waals surface area contributed by atoms with Gasteiger partial charge >= 0.3 is 5.97 Å². The highest BCUT2D eigenvalue weighted by molar-refractivity contribution is 8.04. The van der Waals surface area contributed by atoms with Crippen LogP contribution in [0.3, 0.4) is 0 Å². The molecule has 0 saturated heterocycles. The van der Waals surface area contributed by atoms with Crippen molar-refractivity contribution in [3.8, 4) is 0 Å². The number of carbonyl (C=O) groups is 3. The van der Waals surface area contributed by atoms with Crippen molar-refractivity contribution in [2.75, 3.05) is 16.8 Å². The highest BCUT2D eigenvalue weighted by atomic mass is 32.2. The standard InChI is InChI=1S/C26H22N2O4S/c1-3-32-26(31)20-11-7-8-12-21(20)28-24(29)22(27-18-9-5-4-6-10-18)23(25(28)30)33-19-15-13-17(2)14-16-19/h4-16,27H,3H2,1-2H3. The van der Waals surface area contributed by atoms with Crippen molar-refractivity contribution >= 4 is 40.9 Å². The Kier molecular flexibility index (Phi) is 6.60. The van der Waals surface area contributed by atoms with Crippen molar-refractivity contribution in [3.05, 3.63) is 101 Å². The molecule has 2 amide bonds. The predicted octanol–water partition coefficient (Wildman–Crippen LogP) is 5.16. The van der Waals surface area contributed by atoms with E-state index in [0.717, 1.165) is 15.4 Å². The summed E-state index contributed by atoms with van der Waals surface area (Å²) in [6.45, 7) is 3.86. The number of nitrogens with one attached hydrogen (secondary N) is 1. The Morgan fingerprint density at radius 2 is 1.58 bits per heavy atom. The number of esters is 1. The van der Waals surface area contributed by atoms with E-state index < -0.39 is 17.8 Å². The zero-order chi connectivity index (χ0) is 23.4. The molecule has 0 unspecified atom stereocenters. The van der Waals surface area contributed by atoms with Gasteiger partial charge in [0, 0.05) is 10.6 Å². The summed E-state index contributed by atoms with van der Waals surface area (Å²) in [5, 5.41) is 3.11. The second kappa shape index (κ2) is 9.75. The van der Waals surface area contributed by atoms with E-state index in [9.17, 15) is 14.4 Å². The lowest BCUT2D eigenvalue weighted by atomic mass is 10.1. The van der Waals surface area contributed by atoms with E-state index in [0.29, 0.717) is 5.69 Å². The van der Waals surface area contributed by atoms with Gasteiger partial charge < -0.3 is 10.1 Å². The van der Waals surface area contributed by atoms with Gasteiger partial charge in [0.15, 0.2) is 0 Å². The summed E-state index contributed by atoms with van der Waals surface area (Å²) in [5.74, 6) is -1.62. The van der Waals surface area contributed by atoms with Crippen LogP contribution in [0.2, 0.25) is 0 Å². The monoisotopic (exact) mass is 458 g/mol. The largest absolute Gasteiger partial charge is 0.462 e. The van der Waals surface area contributed by atoms with Crippen molar-refractivity contribution in [2.45, 2.75) is 18.7 Å². The van der Waals surface area contributed by atoms with Crippen LogP contribution >= 0.6 is 11.8 Å². The summed E-state index contributed by atoms with van der Waals surface area (Å²) < 4.78 is 5.13. The number of nitrogens with zero attached hydrogens (tertiary/aromatic N) is 1. The molecule has 33 heavy (non-hydrogen) atoms. The smallest absolute Gasteiger partial charge is 0.340 e. The number of hydrogen-bond acceptors (Lipinski definition) is 6. The van der Waals surface area contributed by atoms with Crippen LogP contribution in [-0.2, 0) is 14.3 Å². The van der Waals surface area contributed by atoms with Gasteiger partial charge in [-0.1, -0.05) is 59.8 Å². The lowest BCUT2D eigenvalue weighted by Gasteiger charge is -2.18. The number of rotatable bonds is 7. The van der Waals surface area contributed by atoms with Gasteiger partial charge in [-0.05, 0) is 50.2 Å². The fourth-order valence-corrected chi connectivity index (χ4v) is 4.30. The van der Waals surface area contributed by atoms with E-state index in [-0.39, 0.29) is 28.5 Å². The lowest BCUT2D eigenvalue weighted by molar-refractivity contribution is -0.120. The molecule has 1 N–H and O–H groups in total. The van der Waals surface area contributed by atoms with E-state index in [1.165, 1.54) is 11.8 Å². The van der Waals surface area contributed by atoms with Gasteiger partial charge in [-0.3, -0.25) is 9.59 Å². The van der Waals surface area contributed by atoms with Crippen molar-refractivity contribution in [1.82, 2.24) is 0 Å². The summed E-state index contributed by atoms with van der Waals surface area (Å²) in [7, 11) is 0. The number of anilines is 2. The Bertz CT molecular complexity index is 1240. The first-order chi connectivity index (χ1) is 16.0. The highest BCUT2D eigenvalue weighted by Gasteiger charge is 2.41. The number of thioether (sulfide) groups is 1. The van der Waals surface area contributed by atoms with E-state index in [4.69, 9.17) is 4.74 Å². The lowest BCUT2D eigenvalue weighted by Crippen LogP contribution is -2.33. The minimum Gasteiger partial charge on any atom is -0.462 e. The maximum absolute atomic E-state index is 13.6. The molecule has 1 aliphatic heterocycles. The summed E-state index contributed by atoms with van der Waals surface area (Å²) >= 11 is 1.21. The van der Waals surface area contributed by atoms with Crippen LogP contribution in [0.4, 0.5) is 11.4 Å². The first-order valence-corrected chi connectivity index (χ1v) is 11.3. The molecule has 6 nitrogen and oxygen atoms in total. The Labute approximate surface area is 196 Å². The maximum atomic E-state index is 13.6. The predicted molar refractivity (Wildman–Crippen MR) is 129 cm³/mol. The van der Waals surface area contributed by atoms with Gasteiger partial charge in [0.25, 0.3) is 11.8 Å². The van der Waals surface area contributed by atoms with Crippen LogP contribution < -0.4 is 10.2 Å². The van der Waals surface area contributed by atoms with Gasteiger partial charge in [0.05, 0.1) is 17.9 Å². The van der Waals surface area contributed by atoms with E-state index in [2.05, 4.69) is 5.32 Å². The van der Waals surface area contributed by atoms with Crippen molar-refractivity contribution in [3.63, 3.8) is 0 Å². The molecule has 0 fully saturated rings. The number of imide groups is 1. The van der Waals surface area contributed by atoms with Crippen LogP contribution in [0.25, 0.3) is 0 Å². The molecule has 0 bridgehead atoms. The normalized spacial score (nSPS) is 13.5. The molecular weight excluding hydrogens is 436 g/mol. The third kappa shape index (κ3) is 4.68. The minimum absolute atomic E-state index is 0.154. The van der Waals surface area contributed by atoms with Crippen LogP contribution in [0.15, 0.2) is 94.4 Å². The molecule has 0 saturated carbocycles. The summed E-state index contributed by atoms with van der Waals surface area (Å²) in [6.07, 6.45) is 0. The third-order valence-electron chi connectivity index (χ3n) is 4.97. The van der Waals surface area contributed by atoms with Crippen molar-refractivity contribution in [1.29, 1.82) is 0 Å². The molecule has 3 aromatic carbocycles. The van der Waals surface area contributed by atoms with Crippen LogP contribution in [0.5, 0.6) is 0 Å². The fraction of sp³-hybridized carbons (Fsp3) is 0.115. The summed E-state index contributed by atoms with van der Waals surface area (Å²) in [6, 6.07) is 23.3. The Morgan fingerprint density at radius 1 is 0.909 bits per heavy atom. The second-order valence-corrected chi connectivity index (χ2v) is 8.38. The first kappa shape index (κ1) is 22.4. The molecular formula is C26H22N2O4S. The van der Waals surface area contributed by atoms with Gasteiger partial charge in [-0.25, -0.2) is 9.69 Å². The van der Waals surface area contributed by atoms with Crippen LogP contribution in [0, 0.1) is 6.92 Å². The molecule has 1 heterocycles. The minimum atomic E-state index is -0.592. The average molecular weight is 459 g/mol. The number of para-hydroxylation sites is 2. The maximum Gasteiger partial charge on any atom is 0.340 e. The zero-order valence-electron chi connectivity index (χ0n) is 18.2. The molecule has 4 rings (SSSR count). The van der Waals surface area contributed by atoms with E-state index in [1.54, 1.807) is 31.2 Å². The third-order valence-corrected chi connectivity index (χ3v) is 6.06. The molecule has 7 heteroatoms. The molecule has 166 valence electrons. The van der Waals surface area contributed by atoms with Gasteiger partial charge in [0.1, 0.15) is 10.6 Å². The number of carbonyl (C=O) groups excluding carboxylic acids is 3. The Balaban J connectivity index is 1.76. The summed E-state index contributed by atoms with van der Waals surface area (Å²) in [4.78, 5) is 41.7. The molecule has 0 atom stereocenters. The van der Waals surface area contributed by atoms with Gasteiger partial charge in [0.2, 0.25) is 0 Å². The van der Waals surface area contributed by atoms with Crippen LogP contribution in [-0.4, -0.2) is 24.4 Å². The summed E-state index contributed by atoms with van der Waals surface area (Å²) in [5.41, 5.74) is 2.28. The SMILES string of the molecule is CCOC(=O)c1ccccc1N1C(=O)C(Nc2ccccc2)=C(Sc2ccc(C)cc2)C1=O. The average Bonchev–Trinajstić information content (AvgIpc) is 3.05. The van der Waals surface area contributed by atoms with Crippen molar-refractivity contribution < 1.29 is 19.1 Å². The fourth-order valence-electron chi connectivity index (χ4n) is 3.37. The molecule has 0 radical (unpaired) electrons. The Hall–Kier alpha value is -3.84. The first-order valence-electron chi connectivity index (χ1n) is 10.5. The molecule has 0 aliphatic carbocycles. The number of ether oxygens (including phenoxy) is 1. The zero-order valence-corrected chi connectivity index (χ0v) is 19.0. The topological polar surface area (TPSA) is 75.7 Å². The molecule has 0 aromatic heterocycles. The number of benzene rings is 3. The highest BCUT2D eigenvalue weighted by Crippen LogP contribution is 2.39. The molecule has 1 aliphatic rings. The number of amides is 2. The van der Waals surface area contributed by atoms with E-state index in [1.807, 2.05) is 61.5 Å². The van der Waals surface area contributed by atoms with Gasteiger partial charge in [-0.2, -0.15) is 0 Å². The van der Waals surface area contributed by atoms with Crippen LogP contribution in [0.1, 0.15) is 22.8 Å². The number of aryl methyl sites for hydroxylation is 1. The number of hydrogen-bond donors (Lipinski definition) is 1. The Morgan fingerprint density at radius 3 is 2.27 bits per heavy atom. The van der Waals surface area contributed by atoms with Gasteiger partial charge in [-0.15, -0.1) is 0 Å². The van der Waals surface area contributed by atoms with Crippen molar-refractivity contribution in [2.24, 2.45) is 0 Å². The molecule has 3 aromatic rings.